The number of alkyl halides is 3. The van der Waals surface area contributed by atoms with Crippen LogP contribution >= 0.6 is 23.4 Å². The van der Waals surface area contributed by atoms with Crippen LogP contribution in [0.5, 0.6) is 0 Å². The second-order valence-corrected chi connectivity index (χ2v) is 12.6. The molecule has 1 atom stereocenters. The second-order valence-electron chi connectivity index (χ2n) is 11.2. The number of likely N-dealkylation sites (tertiary alicyclic amines) is 1. The Bertz CT molecular complexity index is 1680. The summed E-state index contributed by atoms with van der Waals surface area (Å²) in [4.78, 5) is 54.6. The van der Waals surface area contributed by atoms with Crippen LogP contribution < -0.4 is 0 Å². The van der Waals surface area contributed by atoms with Gasteiger partial charge in [0.05, 0.1) is 28.7 Å². The van der Waals surface area contributed by atoms with E-state index >= 15 is 0 Å². The molecule has 14 heteroatoms. The molecule has 0 bridgehead atoms. The lowest BCUT2D eigenvalue weighted by Crippen LogP contribution is -2.54. The Morgan fingerprint density at radius 2 is 1.88 bits per heavy atom. The molecule has 0 radical (unpaired) electrons. The molecule has 9 nitrogen and oxygen atoms in total. The SMILES string of the molecule is CC(C)(C)OC(=O)N1CCC(N2C(=O)SC(=C(Cc3ccc(Cl)cc3C(F)(F)F)c3ccc4[nH]ncc4c3)C2=O)C(=O)C1. The lowest BCUT2D eigenvalue weighted by Gasteiger charge is -2.34. The van der Waals surface area contributed by atoms with Crippen LogP contribution in [0.4, 0.5) is 22.8 Å². The van der Waals surface area contributed by atoms with Crippen molar-refractivity contribution in [1.82, 2.24) is 20.0 Å². The number of hydrogen-bond donors (Lipinski definition) is 1. The maximum absolute atomic E-state index is 14.0. The Kier molecular flexibility index (Phi) is 8.07. The molecule has 1 aromatic heterocycles. The highest BCUT2D eigenvalue weighted by atomic mass is 35.5. The van der Waals surface area contributed by atoms with E-state index in [2.05, 4.69) is 10.2 Å². The van der Waals surface area contributed by atoms with Crippen molar-refractivity contribution < 1.29 is 37.1 Å². The van der Waals surface area contributed by atoms with Gasteiger partial charge in [0.1, 0.15) is 11.6 Å². The van der Waals surface area contributed by atoms with E-state index < -0.39 is 46.4 Å². The number of benzene rings is 2. The molecule has 2 aliphatic heterocycles. The third-order valence-corrected chi connectivity index (χ3v) is 8.19. The number of piperidine rings is 1. The highest BCUT2D eigenvalue weighted by molar-refractivity contribution is 8.18. The van der Waals surface area contributed by atoms with Crippen LogP contribution in [-0.4, -0.2) is 67.8 Å². The minimum absolute atomic E-state index is 0.00485. The van der Waals surface area contributed by atoms with Crippen molar-refractivity contribution in [1.29, 1.82) is 0 Å². The molecule has 2 aliphatic rings. The summed E-state index contributed by atoms with van der Waals surface area (Å²) >= 11 is 6.45. The Morgan fingerprint density at radius 3 is 2.56 bits per heavy atom. The van der Waals surface area contributed by atoms with Gasteiger partial charge in [-0.1, -0.05) is 23.7 Å². The molecular weight excluding hydrogens is 609 g/mol. The number of allylic oxidation sites excluding steroid dienone is 1. The minimum atomic E-state index is -4.73. The highest BCUT2D eigenvalue weighted by Gasteiger charge is 2.46. The fraction of sp³-hybridized carbons (Fsp3) is 0.345. The van der Waals surface area contributed by atoms with Gasteiger partial charge in [0.2, 0.25) is 0 Å². The molecule has 0 spiro atoms. The summed E-state index contributed by atoms with van der Waals surface area (Å²) in [6.07, 6.45) is -4.24. The number of halogens is 4. The fourth-order valence-corrected chi connectivity index (χ4v) is 6.15. The van der Waals surface area contributed by atoms with Gasteiger partial charge in [0.15, 0.2) is 5.78 Å². The summed E-state index contributed by atoms with van der Waals surface area (Å²) in [5, 5.41) is 6.59. The predicted octanol–water partition coefficient (Wildman–Crippen LogP) is 6.46. The first kappa shape index (κ1) is 30.6. The van der Waals surface area contributed by atoms with Crippen LogP contribution in [0.15, 0.2) is 47.5 Å². The smallest absolute Gasteiger partial charge is 0.416 e. The molecule has 2 saturated heterocycles. The zero-order chi connectivity index (χ0) is 31.3. The zero-order valence-corrected chi connectivity index (χ0v) is 24.8. The van der Waals surface area contributed by atoms with Gasteiger partial charge >= 0.3 is 12.3 Å². The summed E-state index contributed by atoms with van der Waals surface area (Å²) in [5.41, 5.74) is -0.631. The normalized spacial score (nSPS) is 19.4. The molecule has 3 amide bonds. The summed E-state index contributed by atoms with van der Waals surface area (Å²) in [7, 11) is 0. The van der Waals surface area contributed by atoms with E-state index in [-0.39, 0.29) is 47.0 Å². The number of ether oxygens (including phenoxy) is 1. The number of hydrogen-bond acceptors (Lipinski definition) is 7. The summed E-state index contributed by atoms with van der Waals surface area (Å²) in [6, 6.07) is 7.20. The van der Waals surface area contributed by atoms with Gasteiger partial charge in [0, 0.05) is 17.0 Å². The van der Waals surface area contributed by atoms with Gasteiger partial charge in [-0.15, -0.1) is 0 Å². The van der Waals surface area contributed by atoms with E-state index in [4.69, 9.17) is 16.3 Å². The van der Waals surface area contributed by atoms with Crippen molar-refractivity contribution in [3.8, 4) is 0 Å². The van der Waals surface area contributed by atoms with E-state index in [0.717, 1.165) is 11.0 Å². The molecule has 226 valence electrons. The summed E-state index contributed by atoms with van der Waals surface area (Å²) in [6.45, 7) is 4.78. The molecule has 2 fully saturated rings. The van der Waals surface area contributed by atoms with Crippen LogP contribution in [0.2, 0.25) is 5.02 Å². The average molecular weight is 635 g/mol. The number of H-pyrrole nitrogens is 1. The molecule has 0 saturated carbocycles. The van der Waals surface area contributed by atoms with Crippen molar-refractivity contribution in [2.24, 2.45) is 0 Å². The number of aromatic amines is 1. The third kappa shape index (κ3) is 6.42. The first-order chi connectivity index (χ1) is 20.1. The average Bonchev–Trinajstić information content (AvgIpc) is 3.49. The van der Waals surface area contributed by atoms with Crippen molar-refractivity contribution in [2.45, 2.75) is 51.4 Å². The van der Waals surface area contributed by atoms with E-state index in [0.29, 0.717) is 28.2 Å². The number of rotatable bonds is 4. The predicted molar refractivity (Wildman–Crippen MR) is 154 cm³/mol. The van der Waals surface area contributed by atoms with Crippen LogP contribution in [0.3, 0.4) is 0 Å². The van der Waals surface area contributed by atoms with E-state index in [1.807, 2.05) is 0 Å². The van der Waals surface area contributed by atoms with Crippen LogP contribution in [0.25, 0.3) is 16.5 Å². The van der Waals surface area contributed by atoms with E-state index in [1.54, 1.807) is 39.0 Å². The Balaban J connectivity index is 1.51. The van der Waals surface area contributed by atoms with Crippen LogP contribution in [0, 0.1) is 0 Å². The van der Waals surface area contributed by atoms with Crippen molar-refractivity contribution >= 4 is 62.9 Å². The molecule has 43 heavy (non-hydrogen) atoms. The number of thioether (sulfide) groups is 1. The third-order valence-electron chi connectivity index (χ3n) is 6.96. The van der Waals surface area contributed by atoms with Crippen LogP contribution in [0.1, 0.15) is 43.9 Å². The molecule has 3 heterocycles. The molecule has 0 aliphatic carbocycles. The number of carbonyl (C=O) groups excluding carboxylic acids is 4. The number of Topliss-reactive ketones (excluding diaryl/α,β-unsaturated/α-hetero) is 1. The Morgan fingerprint density at radius 1 is 1.14 bits per heavy atom. The van der Waals surface area contributed by atoms with Gasteiger partial charge in [-0.2, -0.15) is 18.3 Å². The van der Waals surface area contributed by atoms with Gasteiger partial charge in [0.25, 0.3) is 11.1 Å². The lowest BCUT2D eigenvalue weighted by molar-refractivity contribution is -0.138. The number of imide groups is 1. The second kappa shape index (κ2) is 11.3. The molecule has 1 unspecified atom stereocenters. The van der Waals surface area contributed by atoms with Gasteiger partial charge in [-0.25, -0.2) is 4.79 Å². The number of nitrogens with zero attached hydrogens (tertiary/aromatic N) is 3. The topological polar surface area (TPSA) is 113 Å². The first-order valence-electron chi connectivity index (χ1n) is 13.2. The molecule has 2 aromatic carbocycles. The Hall–Kier alpha value is -3.84. The molecular formula is C29H26ClF3N4O5S. The number of ketones is 1. The summed E-state index contributed by atoms with van der Waals surface area (Å²) < 4.78 is 47.3. The van der Waals surface area contributed by atoms with E-state index in [9.17, 15) is 32.3 Å². The lowest BCUT2D eigenvalue weighted by atomic mass is 9.93. The molecule has 3 aromatic rings. The fourth-order valence-electron chi connectivity index (χ4n) is 5.00. The number of aromatic nitrogens is 2. The van der Waals surface area contributed by atoms with Crippen molar-refractivity contribution in [3.63, 3.8) is 0 Å². The quantitative estimate of drug-likeness (QED) is 0.328. The van der Waals surface area contributed by atoms with Crippen molar-refractivity contribution in [2.75, 3.05) is 13.1 Å². The number of fused-ring (bicyclic) bond motifs is 1. The van der Waals surface area contributed by atoms with Crippen LogP contribution in [-0.2, 0) is 26.9 Å². The minimum Gasteiger partial charge on any atom is -0.444 e. The van der Waals surface area contributed by atoms with Gasteiger partial charge < -0.3 is 9.64 Å². The largest absolute Gasteiger partial charge is 0.444 e. The maximum atomic E-state index is 14.0. The number of amides is 3. The van der Waals surface area contributed by atoms with Gasteiger partial charge in [-0.3, -0.25) is 24.4 Å². The monoisotopic (exact) mass is 634 g/mol. The maximum Gasteiger partial charge on any atom is 0.416 e. The van der Waals surface area contributed by atoms with E-state index in [1.165, 1.54) is 23.2 Å². The first-order valence-corrected chi connectivity index (χ1v) is 14.4. The highest BCUT2D eigenvalue weighted by Crippen LogP contribution is 2.42. The number of carbonyl (C=O) groups is 4. The van der Waals surface area contributed by atoms with Crippen molar-refractivity contribution in [3.05, 3.63) is 69.2 Å². The number of nitrogens with one attached hydrogen (secondary N) is 1. The summed E-state index contributed by atoms with van der Waals surface area (Å²) in [5.74, 6) is -1.32. The molecule has 5 rings (SSSR count). The Labute approximate surface area is 253 Å². The molecule has 1 N–H and O–H groups in total. The standard InChI is InChI=1S/C29H26ClF3N4O5S/c1-28(2,3)42-26(40)36-9-8-22(23(38)14-36)37-25(39)24(43-27(37)41)19(15-5-7-21-17(10-15)13-34-35-21)11-16-4-6-18(30)12-20(16)29(31,32)33/h4-7,10,12-13,22H,8-9,11,14H2,1-3H3,(H,34,35). The zero-order valence-electron chi connectivity index (χ0n) is 23.3. The van der Waals surface area contributed by atoms with Gasteiger partial charge in [-0.05, 0) is 86.3 Å².